The van der Waals surface area contributed by atoms with Gasteiger partial charge >= 0.3 is 0 Å². The summed E-state index contributed by atoms with van der Waals surface area (Å²) in [5.41, 5.74) is 0.986. The monoisotopic (exact) mass is 440 g/mol. The molecule has 0 aliphatic carbocycles. The molecule has 28 heavy (non-hydrogen) atoms. The Labute approximate surface area is 174 Å². The topological polar surface area (TPSA) is 92.3 Å². The fraction of sp³-hybridized carbons (Fsp3) is 0.500. The van der Waals surface area contributed by atoms with Crippen LogP contribution in [0.1, 0.15) is 38.2 Å². The van der Waals surface area contributed by atoms with Gasteiger partial charge in [0.25, 0.3) is 0 Å². The summed E-state index contributed by atoms with van der Waals surface area (Å²) in [5.74, 6) is 0.563. The lowest BCUT2D eigenvalue weighted by molar-refractivity contribution is -0.120. The molecule has 1 N–H and O–H groups in total. The van der Waals surface area contributed by atoms with E-state index < -0.39 is 16.1 Å². The van der Waals surface area contributed by atoms with Crippen LogP contribution >= 0.6 is 23.3 Å². The molecule has 2 aromatic rings. The Morgan fingerprint density at radius 2 is 2.07 bits per heavy atom. The molecule has 0 spiro atoms. The molecule has 1 atom stereocenters. The first-order valence-corrected chi connectivity index (χ1v) is 12.5. The summed E-state index contributed by atoms with van der Waals surface area (Å²) in [4.78, 5) is 17.4. The van der Waals surface area contributed by atoms with Gasteiger partial charge in [-0.25, -0.2) is 8.42 Å². The summed E-state index contributed by atoms with van der Waals surface area (Å²) in [6, 6.07) is 5.98. The van der Waals surface area contributed by atoms with Crippen LogP contribution in [0, 0.1) is 6.92 Å². The number of carbonyl (C=O) groups excluding carboxylic acids is 1. The second-order valence-corrected chi connectivity index (χ2v) is 10.4. The summed E-state index contributed by atoms with van der Waals surface area (Å²) in [7, 11) is -3.74. The van der Waals surface area contributed by atoms with Crippen LogP contribution in [0.4, 0.5) is 5.13 Å². The van der Waals surface area contributed by atoms with Crippen LogP contribution in [0.2, 0.25) is 0 Å². The van der Waals surface area contributed by atoms with Gasteiger partial charge in [0.1, 0.15) is 6.04 Å². The Morgan fingerprint density at radius 1 is 1.32 bits per heavy atom. The number of hydrogen-bond acceptors (Lipinski definition) is 7. The number of piperidine rings is 1. The molecule has 0 unspecified atom stereocenters. The van der Waals surface area contributed by atoms with Gasteiger partial charge in [0, 0.05) is 23.8 Å². The molecular formula is C18H24N4O3S3. The molecule has 152 valence electrons. The van der Waals surface area contributed by atoms with E-state index in [1.807, 2.05) is 6.92 Å². The van der Waals surface area contributed by atoms with Gasteiger partial charge in [0.2, 0.25) is 26.2 Å². The molecule has 1 aliphatic heterocycles. The highest BCUT2D eigenvalue weighted by molar-refractivity contribution is 7.99. The standard InChI is InChI=1S/C18H24N4O3S3/c1-3-12-26-18-20-17(27-21-18)19-16(23)15-6-4-5-11-22(15)28(24,25)14-9-7-13(2)8-10-14/h7-10,15H,3-6,11-12H2,1-2H3,(H,19,20,21,23)/t15-/m0/s1. The second kappa shape index (κ2) is 9.34. The average Bonchev–Trinajstić information content (AvgIpc) is 3.14. The van der Waals surface area contributed by atoms with E-state index in [0.717, 1.165) is 42.1 Å². The predicted octanol–water partition coefficient (Wildman–Crippen LogP) is 3.53. The van der Waals surface area contributed by atoms with E-state index in [0.29, 0.717) is 23.3 Å². The largest absolute Gasteiger partial charge is 0.299 e. The number of sulfonamides is 1. The van der Waals surface area contributed by atoms with Crippen LogP contribution < -0.4 is 5.32 Å². The van der Waals surface area contributed by atoms with E-state index in [1.165, 1.54) is 16.1 Å². The minimum absolute atomic E-state index is 0.215. The Hall–Kier alpha value is -1.49. The van der Waals surface area contributed by atoms with Gasteiger partial charge in [-0.1, -0.05) is 42.8 Å². The van der Waals surface area contributed by atoms with Crippen molar-refractivity contribution in [3.8, 4) is 0 Å². The summed E-state index contributed by atoms with van der Waals surface area (Å²) < 4.78 is 31.8. The fourth-order valence-electron chi connectivity index (χ4n) is 3.00. The fourth-order valence-corrected chi connectivity index (χ4v) is 6.06. The van der Waals surface area contributed by atoms with E-state index in [-0.39, 0.29) is 10.8 Å². The lowest BCUT2D eigenvalue weighted by atomic mass is 10.0. The van der Waals surface area contributed by atoms with Gasteiger partial charge in [0.05, 0.1) is 4.90 Å². The number of nitrogens with one attached hydrogen (secondary N) is 1. The number of amides is 1. The van der Waals surface area contributed by atoms with Crippen LogP contribution in [-0.4, -0.2) is 46.3 Å². The summed E-state index contributed by atoms with van der Waals surface area (Å²) in [5, 5.41) is 3.80. The van der Waals surface area contributed by atoms with Crippen LogP contribution in [0.3, 0.4) is 0 Å². The first-order valence-electron chi connectivity index (χ1n) is 9.27. The Kier molecular flexibility index (Phi) is 7.08. The minimum Gasteiger partial charge on any atom is -0.299 e. The SMILES string of the molecule is CCCSc1nsc(NC(=O)[C@@H]2CCCCN2S(=O)(=O)c2ccc(C)cc2)n1. The van der Waals surface area contributed by atoms with Gasteiger partial charge in [-0.15, -0.1) is 0 Å². The zero-order chi connectivity index (χ0) is 20.1. The van der Waals surface area contributed by atoms with Crippen molar-refractivity contribution in [3.63, 3.8) is 0 Å². The van der Waals surface area contributed by atoms with Gasteiger partial charge in [-0.05, 0) is 38.3 Å². The third-order valence-electron chi connectivity index (χ3n) is 4.46. The molecule has 1 amide bonds. The molecule has 0 saturated carbocycles. The normalized spacial score (nSPS) is 18.1. The maximum Gasteiger partial charge on any atom is 0.244 e. The van der Waals surface area contributed by atoms with Crippen LogP contribution in [-0.2, 0) is 14.8 Å². The molecule has 0 radical (unpaired) electrons. The molecule has 1 fully saturated rings. The molecule has 10 heteroatoms. The number of carbonyl (C=O) groups is 1. The van der Waals surface area contributed by atoms with Crippen LogP contribution in [0.15, 0.2) is 34.3 Å². The maximum absolute atomic E-state index is 13.1. The van der Waals surface area contributed by atoms with Crippen LogP contribution in [0.25, 0.3) is 0 Å². The van der Waals surface area contributed by atoms with E-state index in [2.05, 4.69) is 21.6 Å². The summed E-state index contributed by atoms with van der Waals surface area (Å²) >= 11 is 2.65. The quantitative estimate of drug-likeness (QED) is 0.662. The first kappa shape index (κ1) is 21.2. The first-order chi connectivity index (χ1) is 13.4. The van der Waals surface area contributed by atoms with E-state index in [9.17, 15) is 13.2 Å². The third-order valence-corrected chi connectivity index (χ3v) is 8.18. The van der Waals surface area contributed by atoms with E-state index in [4.69, 9.17) is 0 Å². The summed E-state index contributed by atoms with van der Waals surface area (Å²) in [6.07, 6.45) is 3.06. The number of anilines is 1. The lowest BCUT2D eigenvalue weighted by Gasteiger charge is -2.33. The average molecular weight is 441 g/mol. The molecule has 7 nitrogen and oxygen atoms in total. The zero-order valence-corrected chi connectivity index (χ0v) is 18.4. The predicted molar refractivity (Wildman–Crippen MR) is 112 cm³/mol. The van der Waals surface area contributed by atoms with Crippen molar-refractivity contribution in [1.29, 1.82) is 0 Å². The smallest absolute Gasteiger partial charge is 0.244 e. The van der Waals surface area contributed by atoms with Gasteiger partial charge in [0.15, 0.2) is 0 Å². The third kappa shape index (κ3) is 4.91. The van der Waals surface area contributed by atoms with E-state index in [1.54, 1.807) is 24.3 Å². The summed E-state index contributed by atoms with van der Waals surface area (Å²) in [6.45, 7) is 4.32. The van der Waals surface area contributed by atoms with E-state index >= 15 is 0 Å². The molecule has 1 aromatic carbocycles. The lowest BCUT2D eigenvalue weighted by Crippen LogP contribution is -2.49. The molecule has 1 aromatic heterocycles. The van der Waals surface area contributed by atoms with Crippen LogP contribution in [0.5, 0.6) is 0 Å². The Morgan fingerprint density at radius 3 is 2.79 bits per heavy atom. The highest BCUT2D eigenvalue weighted by Gasteiger charge is 2.37. The molecular weight excluding hydrogens is 416 g/mol. The van der Waals surface area contributed by atoms with Crippen molar-refractivity contribution in [2.45, 2.75) is 55.6 Å². The Bertz CT molecular complexity index is 912. The number of nitrogens with zero attached hydrogens (tertiary/aromatic N) is 3. The number of hydrogen-bond donors (Lipinski definition) is 1. The number of rotatable bonds is 7. The van der Waals surface area contributed by atoms with Crippen molar-refractivity contribution in [1.82, 2.24) is 13.7 Å². The number of thioether (sulfide) groups is 1. The molecule has 0 bridgehead atoms. The Balaban J connectivity index is 1.76. The molecule has 1 aliphatic rings. The molecule has 3 rings (SSSR count). The minimum atomic E-state index is -3.74. The second-order valence-electron chi connectivity index (χ2n) is 6.66. The molecule has 1 saturated heterocycles. The highest BCUT2D eigenvalue weighted by Crippen LogP contribution is 2.27. The maximum atomic E-state index is 13.1. The molecule has 2 heterocycles. The van der Waals surface area contributed by atoms with Gasteiger partial charge in [-0.3, -0.25) is 10.1 Å². The van der Waals surface area contributed by atoms with Crippen molar-refractivity contribution in [2.24, 2.45) is 0 Å². The highest BCUT2D eigenvalue weighted by atomic mass is 32.2. The number of benzene rings is 1. The van der Waals surface area contributed by atoms with Gasteiger partial charge < -0.3 is 0 Å². The number of aryl methyl sites for hydroxylation is 1. The van der Waals surface area contributed by atoms with Gasteiger partial charge in [-0.2, -0.15) is 13.7 Å². The van der Waals surface area contributed by atoms with Crippen molar-refractivity contribution in [3.05, 3.63) is 29.8 Å². The van der Waals surface area contributed by atoms with Crippen molar-refractivity contribution >= 4 is 44.4 Å². The zero-order valence-electron chi connectivity index (χ0n) is 15.9. The van der Waals surface area contributed by atoms with Crippen molar-refractivity contribution in [2.75, 3.05) is 17.6 Å². The van der Waals surface area contributed by atoms with Crippen molar-refractivity contribution < 1.29 is 13.2 Å². The number of aromatic nitrogens is 2.